The quantitative estimate of drug-likeness (QED) is 0.559. The highest BCUT2D eigenvalue weighted by Crippen LogP contribution is 2.31. The van der Waals surface area contributed by atoms with E-state index < -0.39 is 11.2 Å². The van der Waals surface area contributed by atoms with Crippen LogP contribution in [0, 0.1) is 22.6 Å². The van der Waals surface area contributed by atoms with Crippen LogP contribution in [0.2, 0.25) is 0 Å². The predicted octanol–water partition coefficient (Wildman–Crippen LogP) is 4.20. The first-order chi connectivity index (χ1) is 17.1. The summed E-state index contributed by atoms with van der Waals surface area (Å²) in [5.41, 5.74) is 5.12. The van der Waals surface area contributed by atoms with Gasteiger partial charge in [0.15, 0.2) is 5.82 Å². The fraction of sp³-hybridized carbons (Fsp3) is 0.600. The zero-order valence-electron chi connectivity index (χ0n) is 20.3. The topological polar surface area (TPSA) is 128 Å². The molecule has 0 unspecified atom stereocenters. The van der Waals surface area contributed by atoms with Crippen molar-refractivity contribution in [2.45, 2.75) is 51.0 Å². The molecule has 1 aliphatic heterocycles. The Bertz CT molecular complexity index is 968. The summed E-state index contributed by atoms with van der Waals surface area (Å²) in [6, 6.07) is 4.40. The van der Waals surface area contributed by atoms with Crippen LogP contribution in [0.1, 0.15) is 47.8 Å². The predicted molar refractivity (Wildman–Crippen MR) is 134 cm³/mol. The Hall–Kier alpha value is -2.87. The van der Waals surface area contributed by atoms with Crippen molar-refractivity contribution in [2.24, 2.45) is 11.1 Å². The van der Waals surface area contributed by atoms with Crippen LogP contribution in [0.4, 0.5) is 10.2 Å². The maximum absolute atomic E-state index is 14.5. The van der Waals surface area contributed by atoms with E-state index in [0.717, 1.165) is 12.8 Å². The number of aromatic nitrogens is 3. The maximum Gasteiger partial charge on any atom is 0.232 e. The van der Waals surface area contributed by atoms with Crippen molar-refractivity contribution in [3.8, 4) is 23.2 Å². The third-order valence-electron chi connectivity index (χ3n) is 6.21. The van der Waals surface area contributed by atoms with Gasteiger partial charge in [0.1, 0.15) is 12.4 Å². The highest BCUT2D eigenvalue weighted by molar-refractivity contribution is 5.63. The van der Waals surface area contributed by atoms with Gasteiger partial charge < -0.3 is 25.3 Å². The zero-order chi connectivity index (χ0) is 24.9. The molecule has 4 rings (SSSR count). The SMILES string of the molecule is COCCN.N#CC1(COc2cncc(-c3cc(NC4CCCCC4)ncc3F)n2)CCOCC1.[HH].[HH]. The Labute approximate surface area is 209 Å². The summed E-state index contributed by atoms with van der Waals surface area (Å²) in [6.45, 7) is 2.58. The van der Waals surface area contributed by atoms with E-state index in [1.165, 1.54) is 37.9 Å². The Kier molecular flexibility index (Phi) is 10.6. The number of nitrogens with zero attached hydrogens (tertiary/aromatic N) is 4. The van der Waals surface area contributed by atoms with E-state index in [-0.39, 0.29) is 15.3 Å². The highest BCUT2D eigenvalue weighted by Gasteiger charge is 2.34. The number of nitriles is 1. The minimum Gasteiger partial charge on any atom is -0.475 e. The molecule has 3 N–H and O–H groups in total. The molecule has 0 radical (unpaired) electrons. The number of halogens is 1. The van der Waals surface area contributed by atoms with Crippen molar-refractivity contribution in [1.82, 2.24) is 15.0 Å². The van der Waals surface area contributed by atoms with Gasteiger partial charge in [-0.2, -0.15) is 5.26 Å². The van der Waals surface area contributed by atoms with E-state index in [1.807, 2.05) is 0 Å². The molecule has 2 fully saturated rings. The number of rotatable bonds is 8. The average Bonchev–Trinajstić information content (AvgIpc) is 2.91. The molecule has 1 saturated heterocycles. The van der Waals surface area contributed by atoms with Crippen LogP contribution in [-0.4, -0.2) is 61.1 Å². The molecular formula is C25H39FN6O3. The third-order valence-corrected chi connectivity index (χ3v) is 6.21. The Morgan fingerprint density at radius 1 is 1.26 bits per heavy atom. The number of hydrogen-bond donors (Lipinski definition) is 2. The second-order valence-electron chi connectivity index (χ2n) is 8.85. The van der Waals surface area contributed by atoms with Crippen molar-refractivity contribution in [2.75, 3.05) is 45.4 Å². The van der Waals surface area contributed by atoms with E-state index in [9.17, 15) is 9.65 Å². The van der Waals surface area contributed by atoms with Gasteiger partial charge in [0.05, 0.1) is 42.4 Å². The number of nitrogens with two attached hydrogens (primary N) is 1. The van der Waals surface area contributed by atoms with Crippen molar-refractivity contribution in [3.63, 3.8) is 0 Å². The lowest BCUT2D eigenvalue weighted by Gasteiger charge is -2.29. The molecule has 9 nitrogen and oxygen atoms in total. The molecule has 1 saturated carbocycles. The number of ether oxygens (including phenoxy) is 3. The van der Waals surface area contributed by atoms with Crippen molar-refractivity contribution >= 4 is 5.82 Å². The molecule has 2 aliphatic rings. The van der Waals surface area contributed by atoms with E-state index in [2.05, 4.69) is 31.1 Å². The van der Waals surface area contributed by atoms with Crippen LogP contribution in [0.3, 0.4) is 0 Å². The van der Waals surface area contributed by atoms with Gasteiger partial charge >= 0.3 is 0 Å². The number of pyridine rings is 1. The first-order valence-corrected chi connectivity index (χ1v) is 12.1. The first-order valence-electron chi connectivity index (χ1n) is 12.1. The fourth-order valence-corrected chi connectivity index (χ4v) is 4.10. The summed E-state index contributed by atoms with van der Waals surface area (Å²) in [5.74, 6) is 0.442. The first kappa shape index (κ1) is 26.7. The van der Waals surface area contributed by atoms with Gasteiger partial charge in [0.25, 0.3) is 0 Å². The van der Waals surface area contributed by atoms with E-state index in [0.29, 0.717) is 62.3 Å². The van der Waals surface area contributed by atoms with Crippen LogP contribution in [-0.2, 0) is 9.47 Å². The molecule has 2 aromatic heterocycles. The number of methoxy groups -OCH3 is 1. The lowest BCUT2D eigenvalue weighted by Crippen LogP contribution is -2.34. The zero-order valence-corrected chi connectivity index (χ0v) is 20.3. The van der Waals surface area contributed by atoms with Crippen LogP contribution in [0.25, 0.3) is 11.3 Å². The largest absolute Gasteiger partial charge is 0.475 e. The molecular weight excluding hydrogens is 451 g/mol. The maximum atomic E-state index is 14.5. The highest BCUT2D eigenvalue weighted by atomic mass is 19.1. The van der Waals surface area contributed by atoms with Crippen molar-refractivity contribution in [1.29, 1.82) is 5.26 Å². The summed E-state index contributed by atoms with van der Waals surface area (Å²) in [4.78, 5) is 12.8. The standard InChI is InChI=1S/C22H26FN5O2.C3H9NO.2H2/c23-18-11-26-20(27-16-4-2-1-3-5-16)10-17(18)19-12-25-13-21(28-19)30-15-22(14-24)6-8-29-9-7-22;1-5-3-2-4;;/h10-13,16H,1-9,15H2,(H,26,27);2-4H2,1H3;2*1H. The molecule has 0 bridgehead atoms. The van der Waals surface area contributed by atoms with Crippen LogP contribution in [0.15, 0.2) is 24.7 Å². The minimum absolute atomic E-state index is 0. The smallest absolute Gasteiger partial charge is 0.232 e. The normalized spacial score (nSPS) is 17.5. The fourth-order valence-electron chi connectivity index (χ4n) is 4.10. The van der Waals surface area contributed by atoms with Crippen LogP contribution < -0.4 is 15.8 Å². The second kappa shape index (κ2) is 13.9. The van der Waals surface area contributed by atoms with E-state index in [1.54, 1.807) is 13.2 Å². The van der Waals surface area contributed by atoms with Crippen LogP contribution >= 0.6 is 0 Å². The summed E-state index contributed by atoms with van der Waals surface area (Å²) < 4.78 is 30.2. The number of anilines is 1. The summed E-state index contributed by atoms with van der Waals surface area (Å²) >= 11 is 0. The average molecular weight is 491 g/mol. The summed E-state index contributed by atoms with van der Waals surface area (Å²) in [5, 5.41) is 13.0. The monoisotopic (exact) mass is 490 g/mol. The molecule has 1 aliphatic carbocycles. The lowest BCUT2D eigenvalue weighted by molar-refractivity contribution is 0.0182. The summed E-state index contributed by atoms with van der Waals surface area (Å²) in [6.07, 6.45) is 11.3. The van der Waals surface area contributed by atoms with Crippen molar-refractivity contribution in [3.05, 3.63) is 30.5 Å². The Morgan fingerprint density at radius 3 is 2.69 bits per heavy atom. The number of hydrogen-bond acceptors (Lipinski definition) is 9. The minimum atomic E-state index is -0.588. The van der Waals surface area contributed by atoms with Gasteiger partial charge in [0, 0.05) is 41.3 Å². The van der Waals surface area contributed by atoms with Gasteiger partial charge in [-0.15, -0.1) is 0 Å². The molecule has 0 aromatic carbocycles. The second-order valence-corrected chi connectivity index (χ2v) is 8.85. The van der Waals surface area contributed by atoms with E-state index >= 15 is 0 Å². The molecule has 10 heteroatoms. The van der Waals surface area contributed by atoms with Crippen LogP contribution in [0.5, 0.6) is 5.88 Å². The Balaban J connectivity index is 0.000000895. The van der Waals surface area contributed by atoms with Gasteiger partial charge in [-0.1, -0.05) is 19.3 Å². The Morgan fingerprint density at radius 2 is 2.03 bits per heavy atom. The third kappa shape index (κ3) is 8.09. The molecule has 2 aromatic rings. The van der Waals surface area contributed by atoms with Crippen molar-refractivity contribution < 1.29 is 21.5 Å². The summed E-state index contributed by atoms with van der Waals surface area (Å²) in [7, 11) is 1.63. The lowest BCUT2D eigenvalue weighted by atomic mass is 9.83. The van der Waals surface area contributed by atoms with E-state index in [4.69, 9.17) is 15.2 Å². The molecule has 0 spiro atoms. The van der Waals surface area contributed by atoms with Gasteiger partial charge in [0.2, 0.25) is 5.88 Å². The molecule has 0 amide bonds. The molecule has 35 heavy (non-hydrogen) atoms. The van der Waals surface area contributed by atoms with Gasteiger partial charge in [-0.3, -0.25) is 4.98 Å². The number of nitrogens with one attached hydrogen (secondary N) is 1. The molecule has 194 valence electrons. The van der Waals surface area contributed by atoms with Gasteiger partial charge in [-0.05, 0) is 31.7 Å². The van der Waals surface area contributed by atoms with Gasteiger partial charge in [-0.25, -0.2) is 14.4 Å². The molecule has 0 atom stereocenters. The molecule has 3 heterocycles.